The monoisotopic (exact) mass is 285 g/mol. The summed E-state index contributed by atoms with van der Waals surface area (Å²) in [5, 5.41) is 12.2. The van der Waals surface area contributed by atoms with E-state index >= 15 is 0 Å². The van der Waals surface area contributed by atoms with E-state index in [1.54, 1.807) is 24.4 Å². The quantitative estimate of drug-likeness (QED) is 0.912. The van der Waals surface area contributed by atoms with E-state index < -0.39 is 5.82 Å². The minimum absolute atomic E-state index is 0.121. The van der Waals surface area contributed by atoms with Gasteiger partial charge in [-0.2, -0.15) is 5.26 Å². The largest absolute Gasteiger partial charge is 0.438 e. The maximum absolute atomic E-state index is 13.5. The van der Waals surface area contributed by atoms with E-state index in [-0.39, 0.29) is 17.4 Å². The summed E-state index contributed by atoms with van der Waals surface area (Å²) in [6.45, 7) is 4.95. The van der Waals surface area contributed by atoms with E-state index in [0.29, 0.717) is 5.88 Å². The minimum atomic E-state index is -0.604. The molecule has 1 N–H and O–H groups in total. The first-order valence-electron chi connectivity index (χ1n) is 6.71. The summed E-state index contributed by atoms with van der Waals surface area (Å²) in [6, 6.07) is 9.84. The molecule has 0 fully saturated rings. The fraction of sp³-hybridized carbons (Fsp3) is 0.250. The van der Waals surface area contributed by atoms with Crippen LogP contribution in [0.3, 0.4) is 0 Å². The molecule has 5 heteroatoms. The highest BCUT2D eigenvalue weighted by atomic mass is 19.1. The fourth-order valence-corrected chi connectivity index (χ4v) is 1.94. The molecule has 1 atom stereocenters. The second-order valence-corrected chi connectivity index (χ2v) is 4.54. The Labute approximate surface area is 123 Å². The van der Waals surface area contributed by atoms with Crippen LogP contribution in [-0.2, 0) is 0 Å². The van der Waals surface area contributed by atoms with Gasteiger partial charge in [0.25, 0.3) is 0 Å². The normalized spacial score (nSPS) is 11.7. The molecule has 21 heavy (non-hydrogen) atoms. The summed E-state index contributed by atoms with van der Waals surface area (Å²) in [5.74, 6) is -0.116. The molecule has 0 radical (unpaired) electrons. The molecule has 0 spiro atoms. The molecule has 0 aliphatic rings. The van der Waals surface area contributed by atoms with Gasteiger partial charge in [0.05, 0.1) is 0 Å². The van der Waals surface area contributed by atoms with Gasteiger partial charge in [0.15, 0.2) is 0 Å². The van der Waals surface area contributed by atoms with Crippen molar-refractivity contribution in [2.45, 2.75) is 19.9 Å². The molecule has 4 nitrogen and oxygen atoms in total. The molecule has 1 aromatic carbocycles. The minimum Gasteiger partial charge on any atom is -0.438 e. The first kappa shape index (κ1) is 14.9. The van der Waals surface area contributed by atoms with Crippen LogP contribution < -0.4 is 10.1 Å². The van der Waals surface area contributed by atoms with Crippen molar-refractivity contribution in [2.24, 2.45) is 0 Å². The van der Waals surface area contributed by atoms with Gasteiger partial charge in [-0.25, -0.2) is 9.37 Å². The molecule has 0 aliphatic heterocycles. The van der Waals surface area contributed by atoms with Crippen LogP contribution in [0.25, 0.3) is 0 Å². The van der Waals surface area contributed by atoms with Crippen molar-refractivity contribution in [3.63, 3.8) is 0 Å². The van der Waals surface area contributed by atoms with Crippen molar-refractivity contribution in [1.82, 2.24) is 10.3 Å². The number of nitrogens with one attached hydrogen (secondary N) is 1. The lowest BCUT2D eigenvalue weighted by Gasteiger charge is -2.13. The van der Waals surface area contributed by atoms with E-state index in [9.17, 15) is 4.39 Å². The van der Waals surface area contributed by atoms with Crippen LogP contribution >= 0.6 is 0 Å². The fourth-order valence-electron chi connectivity index (χ4n) is 1.94. The van der Waals surface area contributed by atoms with Gasteiger partial charge < -0.3 is 10.1 Å². The van der Waals surface area contributed by atoms with Gasteiger partial charge in [-0.1, -0.05) is 19.1 Å². The maximum Gasteiger partial charge on any atom is 0.219 e. The Hall–Kier alpha value is -2.45. The summed E-state index contributed by atoms with van der Waals surface area (Å²) >= 11 is 0. The third-order valence-electron chi connectivity index (χ3n) is 3.07. The van der Waals surface area contributed by atoms with Gasteiger partial charge >= 0.3 is 0 Å². The van der Waals surface area contributed by atoms with Crippen molar-refractivity contribution in [3.8, 4) is 17.7 Å². The van der Waals surface area contributed by atoms with Gasteiger partial charge in [0, 0.05) is 18.3 Å². The Morgan fingerprint density at radius 1 is 1.38 bits per heavy atom. The molecule has 0 saturated carbocycles. The van der Waals surface area contributed by atoms with Crippen LogP contribution in [0, 0.1) is 17.1 Å². The zero-order valence-corrected chi connectivity index (χ0v) is 11.9. The number of pyridine rings is 1. The highest BCUT2D eigenvalue weighted by molar-refractivity contribution is 5.45. The zero-order valence-electron chi connectivity index (χ0n) is 11.9. The third kappa shape index (κ3) is 3.56. The van der Waals surface area contributed by atoms with Crippen LogP contribution in [0.15, 0.2) is 36.5 Å². The van der Waals surface area contributed by atoms with Crippen molar-refractivity contribution >= 4 is 0 Å². The third-order valence-corrected chi connectivity index (χ3v) is 3.07. The van der Waals surface area contributed by atoms with Gasteiger partial charge in [-0.3, -0.25) is 0 Å². The van der Waals surface area contributed by atoms with Crippen LogP contribution in [0.1, 0.15) is 31.0 Å². The molecule has 0 saturated heterocycles. The van der Waals surface area contributed by atoms with Crippen LogP contribution in [0.5, 0.6) is 11.6 Å². The van der Waals surface area contributed by atoms with E-state index in [2.05, 4.69) is 10.3 Å². The summed E-state index contributed by atoms with van der Waals surface area (Å²) in [5.41, 5.74) is 0.911. The molecule has 1 aromatic heterocycles. The lowest BCUT2D eigenvalue weighted by Crippen LogP contribution is -2.17. The Bertz CT molecular complexity index is 650. The number of aromatic nitrogens is 1. The average molecular weight is 285 g/mol. The van der Waals surface area contributed by atoms with Gasteiger partial charge in [-0.05, 0) is 31.2 Å². The Balaban J connectivity index is 2.18. The molecule has 2 aromatic rings. The molecule has 0 amide bonds. The maximum atomic E-state index is 13.5. The Kier molecular flexibility index (Phi) is 4.85. The predicted molar refractivity (Wildman–Crippen MR) is 77.5 cm³/mol. The summed E-state index contributed by atoms with van der Waals surface area (Å²) < 4.78 is 19.0. The number of nitriles is 1. The summed E-state index contributed by atoms with van der Waals surface area (Å²) in [4.78, 5) is 4.19. The average Bonchev–Trinajstić information content (AvgIpc) is 2.48. The molecule has 108 valence electrons. The zero-order chi connectivity index (χ0) is 15.2. The topological polar surface area (TPSA) is 57.9 Å². The van der Waals surface area contributed by atoms with Gasteiger partial charge in [-0.15, -0.1) is 0 Å². The molecule has 0 aliphatic carbocycles. The Morgan fingerprint density at radius 2 is 2.19 bits per heavy atom. The number of hydrogen-bond acceptors (Lipinski definition) is 4. The van der Waals surface area contributed by atoms with E-state index in [1.165, 1.54) is 12.1 Å². The Morgan fingerprint density at radius 3 is 2.81 bits per heavy atom. The van der Waals surface area contributed by atoms with E-state index in [4.69, 9.17) is 10.00 Å². The smallest absolute Gasteiger partial charge is 0.219 e. The molecule has 1 unspecified atom stereocenters. The number of benzene rings is 1. The first-order chi connectivity index (χ1) is 10.2. The number of rotatable bonds is 5. The first-order valence-corrected chi connectivity index (χ1v) is 6.71. The van der Waals surface area contributed by atoms with Crippen molar-refractivity contribution in [1.29, 1.82) is 5.26 Å². The number of nitrogens with zero attached hydrogens (tertiary/aromatic N) is 2. The lowest BCUT2D eigenvalue weighted by molar-refractivity contribution is 0.455. The van der Waals surface area contributed by atoms with Crippen LogP contribution in [0.2, 0.25) is 0 Å². The number of hydrogen-bond donors (Lipinski definition) is 1. The predicted octanol–water partition coefficient (Wildman–Crippen LogP) is 3.56. The lowest BCUT2D eigenvalue weighted by atomic mass is 10.1. The van der Waals surface area contributed by atoms with Gasteiger partial charge in [0.1, 0.15) is 23.2 Å². The molecule has 2 rings (SSSR count). The highest BCUT2D eigenvalue weighted by Gasteiger charge is 2.11. The van der Waals surface area contributed by atoms with Gasteiger partial charge in [0.2, 0.25) is 5.88 Å². The van der Waals surface area contributed by atoms with Crippen LogP contribution in [-0.4, -0.2) is 11.5 Å². The second-order valence-electron chi connectivity index (χ2n) is 4.54. The number of halogens is 1. The standard InChI is InChI=1S/C16H16FN3O/c1-3-19-11(2)12-7-8-16(20-10-12)21-15-6-4-5-14(17)13(15)9-18/h4-8,10-11,19H,3H2,1-2H3. The molecule has 1 heterocycles. The molecule has 0 bridgehead atoms. The van der Waals surface area contributed by atoms with Crippen LogP contribution in [0.4, 0.5) is 4.39 Å². The molecular weight excluding hydrogens is 269 g/mol. The van der Waals surface area contributed by atoms with Crippen molar-refractivity contribution < 1.29 is 9.13 Å². The summed E-state index contributed by atoms with van der Waals surface area (Å²) in [7, 11) is 0. The van der Waals surface area contributed by atoms with E-state index in [0.717, 1.165) is 12.1 Å². The second kappa shape index (κ2) is 6.82. The van der Waals surface area contributed by atoms with E-state index in [1.807, 2.05) is 19.9 Å². The highest BCUT2D eigenvalue weighted by Crippen LogP contribution is 2.26. The number of ether oxygens (including phenoxy) is 1. The molecular formula is C16H16FN3O. The van der Waals surface area contributed by atoms with Crippen molar-refractivity contribution in [2.75, 3.05) is 6.54 Å². The SMILES string of the molecule is CCNC(C)c1ccc(Oc2cccc(F)c2C#N)nc1. The van der Waals surface area contributed by atoms with Crippen molar-refractivity contribution in [3.05, 3.63) is 53.5 Å². The summed E-state index contributed by atoms with van der Waals surface area (Å²) in [6.07, 6.45) is 1.70.